The van der Waals surface area contributed by atoms with Crippen LogP contribution in [-0.2, 0) is 19.1 Å². The van der Waals surface area contributed by atoms with Crippen LogP contribution in [0.4, 0.5) is 0 Å². The predicted octanol–water partition coefficient (Wildman–Crippen LogP) is 4.18. The van der Waals surface area contributed by atoms with E-state index in [9.17, 15) is 14.4 Å². The Kier molecular flexibility index (Phi) is 8.02. The molecule has 2 aromatic rings. The average Bonchev–Trinajstić information content (AvgIpc) is 2.76. The molecule has 2 aromatic carbocycles. The first kappa shape index (κ1) is 24.6. The Morgan fingerprint density at radius 2 is 1.75 bits per heavy atom. The Balaban J connectivity index is 1.53. The SMILES string of the molecule is NC1S[C@@H]2CC(=O)N2CC1(Sc1ccccc1I)C(=O)OC(=O)CSc1ccccc1I. The molecule has 0 aliphatic carbocycles. The van der Waals surface area contributed by atoms with E-state index >= 15 is 0 Å². The third-order valence-corrected chi connectivity index (χ3v) is 11.8. The number of ether oxygens (including phenoxy) is 1. The van der Waals surface area contributed by atoms with Crippen molar-refractivity contribution in [2.24, 2.45) is 5.73 Å². The zero-order valence-electron chi connectivity index (χ0n) is 16.5. The molecule has 0 spiro atoms. The Bertz CT molecular complexity index is 1070. The fourth-order valence-corrected chi connectivity index (χ4v) is 8.37. The van der Waals surface area contributed by atoms with Gasteiger partial charge in [-0.05, 0) is 69.4 Å². The molecule has 0 radical (unpaired) electrons. The second-order valence-electron chi connectivity index (χ2n) is 7.14. The van der Waals surface area contributed by atoms with Crippen molar-refractivity contribution < 1.29 is 19.1 Å². The summed E-state index contributed by atoms with van der Waals surface area (Å²) in [7, 11) is 0. The standard InChI is InChI=1S/C21H18I2N2O4S3/c22-12-5-1-3-7-14(12)30-10-18(27)29-20(28)21(32-15-8-4-2-6-13(15)23)11-25-16(26)9-17(25)31-19(21)24/h1-8,17,19H,9-11,24H2/t17-,19?,21?/m1/s1. The molecule has 2 unspecified atom stereocenters. The van der Waals surface area contributed by atoms with E-state index in [-0.39, 0.29) is 23.6 Å². The number of hydrogen-bond donors (Lipinski definition) is 1. The van der Waals surface area contributed by atoms with Crippen LogP contribution in [0, 0.1) is 7.14 Å². The number of carbonyl (C=O) groups is 3. The largest absolute Gasteiger partial charge is 0.391 e. The Labute approximate surface area is 225 Å². The number of nitrogens with two attached hydrogens (primary N) is 1. The highest BCUT2D eigenvalue weighted by atomic mass is 127. The summed E-state index contributed by atoms with van der Waals surface area (Å²) in [6.07, 6.45) is 0.419. The summed E-state index contributed by atoms with van der Waals surface area (Å²) in [6, 6.07) is 15.3. The summed E-state index contributed by atoms with van der Waals surface area (Å²) < 4.78 is 6.02. The number of nitrogens with zero attached hydrogens (tertiary/aromatic N) is 1. The molecule has 0 aromatic heterocycles. The molecule has 2 fully saturated rings. The molecule has 4 rings (SSSR count). The number of thioether (sulfide) groups is 3. The number of amides is 1. The maximum atomic E-state index is 13.4. The van der Waals surface area contributed by atoms with Crippen molar-refractivity contribution in [3.8, 4) is 0 Å². The number of halogens is 2. The van der Waals surface area contributed by atoms with Crippen molar-refractivity contribution in [1.82, 2.24) is 4.90 Å². The van der Waals surface area contributed by atoms with Gasteiger partial charge >= 0.3 is 11.9 Å². The van der Waals surface area contributed by atoms with Crippen LogP contribution in [0.25, 0.3) is 0 Å². The van der Waals surface area contributed by atoms with Gasteiger partial charge in [-0.15, -0.1) is 35.3 Å². The molecule has 6 nitrogen and oxygen atoms in total. The smallest absolute Gasteiger partial charge is 0.334 e. The highest BCUT2D eigenvalue weighted by Crippen LogP contribution is 2.50. The minimum absolute atomic E-state index is 0.00300. The van der Waals surface area contributed by atoms with Gasteiger partial charge < -0.3 is 15.4 Å². The molecule has 3 atom stereocenters. The lowest BCUT2D eigenvalue weighted by Gasteiger charge is -2.52. The van der Waals surface area contributed by atoms with Crippen molar-refractivity contribution in [2.45, 2.75) is 31.7 Å². The second kappa shape index (κ2) is 10.4. The van der Waals surface area contributed by atoms with Crippen LogP contribution in [0.3, 0.4) is 0 Å². The topological polar surface area (TPSA) is 89.7 Å². The highest BCUT2D eigenvalue weighted by Gasteiger charge is 2.58. The maximum absolute atomic E-state index is 13.4. The van der Waals surface area contributed by atoms with Crippen molar-refractivity contribution in [2.75, 3.05) is 12.3 Å². The van der Waals surface area contributed by atoms with Gasteiger partial charge in [-0.1, -0.05) is 24.3 Å². The molecule has 1 amide bonds. The zero-order valence-corrected chi connectivity index (χ0v) is 23.3. The van der Waals surface area contributed by atoms with Crippen molar-refractivity contribution >= 4 is 98.3 Å². The molecule has 168 valence electrons. The summed E-state index contributed by atoms with van der Waals surface area (Å²) in [4.78, 5) is 41.6. The molecule has 2 aliphatic heterocycles. The van der Waals surface area contributed by atoms with Crippen LogP contribution < -0.4 is 5.73 Å². The molecule has 2 saturated heterocycles. The Hall–Kier alpha value is -0.480. The lowest BCUT2D eigenvalue weighted by atomic mass is 10.0. The number of carbonyl (C=O) groups excluding carboxylic acids is 3. The summed E-state index contributed by atoms with van der Waals surface area (Å²) in [5, 5.41) is -0.652. The third kappa shape index (κ3) is 5.11. The van der Waals surface area contributed by atoms with Crippen molar-refractivity contribution in [3.05, 3.63) is 55.7 Å². The van der Waals surface area contributed by atoms with Gasteiger partial charge in [0.1, 0.15) is 0 Å². The van der Waals surface area contributed by atoms with Gasteiger partial charge in [0.2, 0.25) is 5.91 Å². The van der Waals surface area contributed by atoms with Gasteiger partial charge in [0.15, 0.2) is 4.75 Å². The fourth-order valence-electron chi connectivity index (χ4n) is 3.31. The van der Waals surface area contributed by atoms with Gasteiger partial charge in [0, 0.05) is 23.5 Å². The quantitative estimate of drug-likeness (QED) is 0.157. The summed E-state index contributed by atoms with van der Waals surface area (Å²) in [5.41, 5.74) is 6.49. The van der Waals surface area contributed by atoms with Crippen LogP contribution in [0.5, 0.6) is 0 Å². The van der Waals surface area contributed by atoms with E-state index in [1.807, 2.05) is 48.5 Å². The molecule has 0 saturated carbocycles. The monoisotopic (exact) mass is 712 g/mol. The molecular weight excluding hydrogens is 694 g/mol. The van der Waals surface area contributed by atoms with Gasteiger partial charge in [-0.2, -0.15) is 0 Å². The first-order valence-electron chi connectivity index (χ1n) is 9.56. The Morgan fingerprint density at radius 3 is 2.38 bits per heavy atom. The van der Waals surface area contributed by atoms with Crippen LogP contribution in [0.15, 0.2) is 58.3 Å². The molecule has 2 N–H and O–H groups in total. The van der Waals surface area contributed by atoms with E-state index in [1.165, 1.54) is 35.3 Å². The predicted molar refractivity (Wildman–Crippen MR) is 144 cm³/mol. The Morgan fingerprint density at radius 1 is 1.12 bits per heavy atom. The second-order valence-corrected chi connectivity index (χ2v) is 13.2. The van der Waals surface area contributed by atoms with E-state index in [4.69, 9.17) is 10.5 Å². The van der Waals surface area contributed by atoms with E-state index in [0.717, 1.165) is 16.9 Å². The maximum Gasteiger partial charge on any atom is 0.334 e. The van der Waals surface area contributed by atoms with Crippen LogP contribution in [0.2, 0.25) is 0 Å². The number of hydrogen-bond acceptors (Lipinski definition) is 8. The van der Waals surface area contributed by atoms with Crippen LogP contribution in [-0.4, -0.2) is 50.5 Å². The average molecular weight is 712 g/mol. The highest BCUT2D eigenvalue weighted by molar-refractivity contribution is 14.1. The molecule has 11 heteroatoms. The van der Waals surface area contributed by atoms with Crippen LogP contribution >= 0.6 is 80.5 Å². The van der Waals surface area contributed by atoms with Gasteiger partial charge in [-0.25, -0.2) is 4.79 Å². The first-order chi connectivity index (χ1) is 15.3. The van der Waals surface area contributed by atoms with Crippen LogP contribution in [0.1, 0.15) is 6.42 Å². The first-order valence-corrected chi connectivity index (χ1v) is 14.5. The number of β-lactam (4-membered cyclic amide) rings is 1. The summed E-state index contributed by atoms with van der Waals surface area (Å²) in [6.45, 7) is 0.121. The van der Waals surface area contributed by atoms with Gasteiger partial charge in [0.25, 0.3) is 0 Å². The minimum atomic E-state index is -1.28. The molecule has 0 bridgehead atoms. The lowest BCUT2D eigenvalue weighted by molar-refractivity contribution is -0.161. The summed E-state index contributed by atoms with van der Waals surface area (Å²) >= 11 is 8.37. The van der Waals surface area contributed by atoms with E-state index in [2.05, 4.69) is 45.2 Å². The lowest BCUT2D eigenvalue weighted by Crippen LogP contribution is -2.68. The normalized spacial score (nSPS) is 24.5. The zero-order chi connectivity index (χ0) is 22.9. The third-order valence-electron chi connectivity index (χ3n) is 5.05. The summed E-state index contributed by atoms with van der Waals surface area (Å²) in [5.74, 6) is -1.34. The fraction of sp³-hybridized carbons (Fsp3) is 0.286. The molecule has 2 aliphatic rings. The van der Waals surface area contributed by atoms with Gasteiger partial charge in [-0.3, -0.25) is 9.59 Å². The van der Waals surface area contributed by atoms with Crippen molar-refractivity contribution in [1.29, 1.82) is 0 Å². The molecular formula is C21H18I2N2O4S3. The number of fused-ring (bicyclic) bond motifs is 1. The van der Waals surface area contributed by atoms with E-state index in [0.29, 0.717) is 6.42 Å². The molecule has 32 heavy (non-hydrogen) atoms. The van der Waals surface area contributed by atoms with E-state index < -0.39 is 22.1 Å². The molecule has 2 heterocycles. The number of rotatable bonds is 6. The number of benzene rings is 2. The van der Waals surface area contributed by atoms with Gasteiger partial charge in [0.05, 0.1) is 22.9 Å². The minimum Gasteiger partial charge on any atom is -0.391 e. The number of esters is 2. The van der Waals surface area contributed by atoms with E-state index in [1.54, 1.807) is 4.90 Å². The van der Waals surface area contributed by atoms with Crippen molar-refractivity contribution in [3.63, 3.8) is 0 Å².